The number of hydrogen-bond acceptors (Lipinski definition) is 4. The van der Waals surface area contributed by atoms with Gasteiger partial charge in [-0.3, -0.25) is 4.79 Å². The van der Waals surface area contributed by atoms with Crippen LogP contribution in [-0.2, 0) is 4.79 Å². The predicted octanol–water partition coefficient (Wildman–Crippen LogP) is 2.20. The normalized spacial score (nSPS) is 18.6. The maximum atomic E-state index is 11.6. The van der Waals surface area contributed by atoms with Crippen LogP contribution in [0.1, 0.15) is 22.8 Å². The number of carbonyl (C=O) groups excluding carboxylic acids is 1. The number of nitrogens with one attached hydrogen (secondary N) is 1. The molecule has 2 aromatic rings. The minimum atomic E-state index is -0.00310. The molecule has 3 rings (SSSR count). The van der Waals surface area contributed by atoms with E-state index in [2.05, 4.69) is 10.3 Å². The molecule has 0 saturated carbocycles. The largest absolute Gasteiger partial charge is 0.375 e. The molecule has 0 aliphatic carbocycles. The molecule has 1 amide bonds. The molecule has 1 atom stereocenters. The zero-order valence-electron chi connectivity index (χ0n) is 9.01. The van der Waals surface area contributed by atoms with Crippen LogP contribution >= 0.6 is 11.3 Å². The predicted molar refractivity (Wildman–Crippen MR) is 68.1 cm³/mol. The number of hydrogen-bond donors (Lipinski definition) is 2. The maximum absolute atomic E-state index is 11.6. The zero-order chi connectivity index (χ0) is 11.8. The van der Waals surface area contributed by atoms with E-state index in [0.717, 1.165) is 10.4 Å². The van der Waals surface area contributed by atoms with Crippen LogP contribution in [0.2, 0.25) is 0 Å². The van der Waals surface area contributed by atoms with Crippen LogP contribution in [-0.4, -0.2) is 10.9 Å². The Morgan fingerprint density at radius 1 is 1.35 bits per heavy atom. The molecule has 0 spiro atoms. The van der Waals surface area contributed by atoms with E-state index >= 15 is 0 Å². The number of aromatic nitrogens is 1. The molecule has 5 heteroatoms. The van der Waals surface area contributed by atoms with Crippen molar-refractivity contribution in [2.75, 3.05) is 11.1 Å². The first-order valence-electron chi connectivity index (χ1n) is 5.35. The first-order chi connectivity index (χ1) is 8.24. The van der Waals surface area contributed by atoms with Gasteiger partial charge in [-0.1, -0.05) is 41.7 Å². The van der Waals surface area contributed by atoms with Crippen molar-refractivity contribution in [3.63, 3.8) is 0 Å². The molecule has 1 aliphatic heterocycles. The number of fused-ring (bicyclic) bond motifs is 1. The van der Waals surface area contributed by atoms with Crippen molar-refractivity contribution < 1.29 is 4.79 Å². The summed E-state index contributed by atoms with van der Waals surface area (Å²) in [5, 5.41) is 3.26. The molecule has 0 fully saturated rings. The van der Waals surface area contributed by atoms with E-state index in [-0.39, 0.29) is 11.8 Å². The molecule has 0 bridgehead atoms. The number of anilines is 2. The molecule has 0 radical (unpaired) electrons. The van der Waals surface area contributed by atoms with Crippen molar-refractivity contribution in [1.29, 1.82) is 0 Å². The molecule has 2 heterocycles. The molecule has 1 aromatic carbocycles. The van der Waals surface area contributed by atoms with E-state index in [4.69, 9.17) is 5.73 Å². The SMILES string of the molecule is Nc1nc2c(s1)[C@H](c1ccccc1)CC(=O)N2. The summed E-state index contributed by atoms with van der Waals surface area (Å²) in [6.07, 6.45) is 0.457. The van der Waals surface area contributed by atoms with E-state index in [0.29, 0.717) is 17.4 Å². The Bertz CT molecular complexity index is 564. The van der Waals surface area contributed by atoms with E-state index < -0.39 is 0 Å². The molecule has 0 unspecified atom stereocenters. The van der Waals surface area contributed by atoms with Crippen LogP contribution in [0.4, 0.5) is 10.9 Å². The lowest BCUT2D eigenvalue weighted by atomic mass is 9.92. The van der Waals surface area contributed by atoms with E-state index in [1.165, 1.54) is 11.3 Å². The highest BCUT2D eigenvalue weighted by atomic mass is 32.1. The zero-order valence-corrected chi connectivity index (χ0v) is 9.83. The number of thiazole rings is 1. The van der Waals surface area contributed by atoms with Crippen LogP contribution < -0.4 is 11.1 Å². The number of amides is 1. The highest BCUT2D eigenvalue weighted by molar-refractivity contribution is 7.16. The average molecular weight is 245 g/mol. The smallest absolute Gasteiger partial charge is 0.226 e. The quantitative estimate of drug-likeness (QED) is 0.809. The van der Waals surface area contributed by atoms with Gasteiger partial charge < -0.3 is 11.1 Å². The Labute approximate surface area is 102 Å². The van der Waals surface area contributed by atoms with Gasteiger partial charge >= 0.3 is 0 Å². The van der Waals surface area contributed by atoms with Crippen LogP contribution in [0.3, 0.4) is 0 Å². The van der Waals surface area contributed by atoms with Gasteiger partial charge in [0.05, 0.1) is 4.88 Å². The second-order valence-electron chi connectivity index (χ2n) is 3.98. The minimum Gasteiger partial charge on any atom is -0.375 e. The van der Waals surface area contributed by atoms with Gasteiger partial charge in [0.1, 0.15) is 5.82 Å². The summed E-state index contributed by atoms with van der Waals surface area (Å²) in [6.45, 7) is 0. The van der Waals surface area contributed by atoms with Gasteiger partial charge in [-0.15, -0.1) is 0 Å². The topological polar surface area (TPSA) is 68.0 Å². The molecule has 1 aromatic heterocycles. The molecule has 1 aliphatic rings. The summed E-state index contributed by atoms with van der Waals surface area (Å²) >= 11 is 1.45. The molecule has 86 valence electrons. The Morgan fingerprint density at radius 3 is 2.88 bits per heavy atom. The summed E-state index contributed by atoms with van der Waals surface area (Å²) < 4.78 is 0. The van der Waals surface area contributed by atoms with Gasteiger partial charge in [0.2, 0.25) is 5.91 Å². The van der Waals surface area contributed by atoms with E-state index in [9.17, 15) is 4.79 Å². The van der Waals surface area contributed by atoms with Gasteiger partial charge in [-0.25, -0.2) is 4.98 Å². The third kappa shape index (κ3) is 1.78. The van der Waals surface area contributed by atoms with Crippen LogP contribution in [0, 0.1) is 0 Å². The molecular weight excluding hydrogens is 234 g/mol. The van der Waals surface area contributed by atoms with Crippen molar-refractivity contribution >= 4 is 28.2 Å². The van der Waals surface area contributed by atoms with Gasteiger partial charge in [-0.2, -0.15) is 0 Å². The molecule has 4 nitrogen and oxygen atoms in total. The van der Waals surface area contributed by atoms with Crippen LogP contribution in [0.25, 0.3) is 0 Å². The first-order valence-corrected chi connectivity index (χ1v) is 6.16. The van der Waals surface area contributed by atoms with Crippen molar-refractivity contribution in [2.24, 2.45) is 0 Å². The standard InChI is InChI=1S/C12H11N3OS/c13-12-15-11-10(17-12)8(6-9(16)14-11)7-4-2-1-3-5-7/h1-5,8H,6H2,(H2,13,15)(H,14,16)/t8-/m0/s1. The lowest BCUT2D eigenvalue weighted by Gasteiger charge is -2.21. The first kappa shape index (κ1) is 10.3. The van der Waals surface area contributed by atoms with Gasteiger partial charge in [0.25, 0.3) is 0 Å². The Balaban J connectivity index is 2.09. The second-order valence-corrected chi connectivity index (χ2v) is 5.04. The maximum Gasteiger partial charge on any atom is 0.226 e. The van der Waals surface area contributed by atoms with Crippen molar-refractivity contribution in [1.82, 2.24) is 4.98 Å². The fourth-order valence-electron chi connectivity index (χ4n) is 2.09. The van der Waals surface area contributed by atoms with E-state index in [1.54, 1.807) is 0 Å². The number of nitrogens with two attached hydrogens (primary N) is 1. The Hall–Kier alpha value is -1.88. The number of nitrogens with zero attached hydrogens (tertiary/aromatic N) is 1. The second kappa shape index (κ2) is 3.85. The summed E-state index contributed by atoms with van der Waals surface area (Å²) in [6, 6.07) is 9.98. The van der Waals surface area contributed by atoms with E-state index in [1.807, 2.05) is 30.3 Å². The average Bonchev–Trinajstić information content (AvgIpc) is 2.69. The van der Waals surface area contributed by atoms with Gasteiger partial charge in [-0.05, 0) is 5.56 Å². The highest BCUT2D eigenvalue weighted by Crippen LogP contribution is 2.41. The number of benzene rings is 1. The lowest BCUT2D eigenvalue weighted by molar-refractivity contribution is -0.116. The third-order valence-corrected chi connectivity index (χ3v) is 3.83. The van der Waals surface area contributed by atoms with Crippen molar-refractivity contribution in [3.8, 4) is 0 Å². The van der Waals surface area contributed by atoms with Crippen molar-refractivity contribution in [2.45, 2.75) is 12.3 Å². The van der Waals surface area contributed by atoms with Crippen LogP contribution in [0.15, 0.2) is 30.3 Å². The number of rotatable bonds is 1. The lowest BCUT2D eigenvalue weighted by Crippen LogP contribution is -2.22. The van der Waals surface area contributed by atoms with Crippen LogP contribution in [0.5, 0.6) is 0 Å². The third-order valence-electron chi connectivity index (χ3n) is 2.84. The van der Waals surface area contributed by atoms with Crippen molar-refractivity contribution in [3.05, 3.63) is 40.8 Å². The molecule has 3 N–H and O–H groups in total. The summed E-state index contributed by atoms with van der Waals surface area (Å²) in [4.78, 5) is 16.8. The number of nitrogen functional groups attached to an aromatic ring is 1. The highest BCUT2D eigenvalue weighted by Gasteiger charge is 2.29. The summed E-state index contributed by atoms with van der Waals surface area (Å²) in [5.41, 5.74) is 6.83. The summed E-state index contributed by atoms with van der Waals surface area (Å²) in [5.74, 6) is 0.698. The summed E-state index contributed by atoms with van der Waals surface area (Å²) in [7, 11) is 0. The Morgan fingerprint density at radius 2 is 2.12 bits per heavy atom. The Kier molecular flexibility index (Phi) is 2.33. The number of carbonyl (C=O) groups is 1. The fourth-order valence-corrected chi connectivity index (χ4v) is 3.01. The fraction of sp³-hybridized carbons (Fsp3) is 0.167. The molecule has 0 saturated heterocycles. The molecular formula is C12H11N3OS. The van der Waals surface area contributed by atoms with Gasteiger partial charge in [0.15, 0.2) is 5.13 Å². The monoisotopic (exact) mass is 245 g/mol. The van der Waals surface area contributed by atoms with Gasteiger partial charge in [0, 0.05) is 12.3 Å². The minimum absolute atomic E-state index is 0.00310. The molecule has 17 heavy (non-hydrogen) atoms.